The molecular formula is C17H19F2NO. The average molecular weight is 291 g/mol. The van der Waals surface area contributed by atoms with E-state index in [1.807, 2.05) is 26.8 Å². The van der Waals surface area contributed by atoms with Crippen molar-refractivity contribution in [3.05, 3.63) is 64.2 Å². The number of benzene rings is 2. The second-order valence-electron chi connectivity index (χ2n) is 5.19. The molecule has 0 heterocycles. The number of halogens is 2. The third-order valence-corrected chi connectivity index (χ3v) is 3.69. The first-order chi connectivity index (χ1) is 9.90. The van der Waals surface area contributed by atoms with E-state index in [2.05, 4.69) is 10.8 Å². The molecule has 0 aliphatic heterocycles. The van der Waals surface area contributed by atoms with Gasteiger partial charge in [-0.15, -0.1) is 0 Å². The number of para-hydroxylation sites is 1. The SMILES string of the molecule is Cc1cc(C)c(C(N)c2ccccc2OC(F)F)cc1C. The highest BCUT2D eigenvalue weighted by molar-refractivity contribution is 5.46. The Morgan fingerprint density at radius 2 is 1.52 bits per heavy atom. The third-order valence-electron chi connectivity index (χ3n) is 3.69. The van der Waals surface area contributed by atoms with Gasteiger partial charge in [0, 0.05) is 5.56 Å². The summed E-state index contributed by atoms with van der Waals surface area (Å²) in [4.78, 5) is 0. The lowest BCUT2D eigenvalue weighted by Gasteiger charge is -2.20. The van der Waals surface area contributed by atoms with Crippen molar-refractivity contribution in [3.8, 4) is 5.75 Å². The molecule has 0 aliphatic carbocycles. The molecule has 21 heavy (non-hydrogen) atoms. The molecule has 0 saturated heterocycles. The van der Waals surface area contributed by atoms with Gasteiger partial charge in [0.2, 0.25) is 0 Å². The second-order valence-corrected chi connectivity index (χ2v) is 5.19. The van der Waals surface area contributed by atoms with Gasteiger partial charge in [0.1, 0.15) is 5.75 Å². The summed E-state index contributed by atoms with van der Waals surface area (Å²) >= 11 is 0. The van der Waals surface area contributed by atoms with Crippen molar-refractivity contribution in [3.63, 3.8) is 0 Å². The second kappa shape index (κ2) is 6.22. The minimum atomic E-state index is -2.86. The van der Waals surface area contributed by atoms with E-state index in [0.29, 0.717) is 5.56 Å². The normalized spacial score (nSPS) is 12.5. The Labute approximate surface area is 123 Å². The molecule has 2 aromatic carbocycles. The topological polar surface area (TPSA) is 35.2 Å². The molecule has 2 N–H and O–H groups in total. The fraction of sp³-hybridized carbons (Fsp3) is 0.294. The molecule has 0 aromatic heterocycles. The summed E-state index contributed by atoms with van der Waals surface area (Å²) in [6, 6.07) is 10.2. The van der Waals surface area contributed by atoms with Gasteiger partial charge >= 0.3 is 6.61 Å². The first-order valence-electron chi connectivity index (χ1n) is 6.77. The monoisotopic (exact) mass is 291 g/mol. The highest BCUT2D eigenvalue weighted by Gasteiger charge is 2.18. The van der Waals surface area contributed by atoms with Crippen LogP contribution in [-0.2, 0) is 0 Å². The van der Waals surface area contributed by atoms with Gasteiger partial charge < -0.3 is 10.5 Å². The van der Waals surface area contributed by atoms with Crippen molar-refractivity contribution in [1.82, 2.24) is 0 Å². The largest absolute Gasteiger partial charge is 0.434 e. The standard InChI is InChI=1S/C17H19F2NO/c1-10-8-12(3)14(9-11(10)2)16(20)13-6-4-5-7-15(13)21-17(18)19/h4-9,16-17H,20H2,1-3H3. The zero-order valence-corrected chi connectivity index (χ0v) is 12.4. The Morgan fingerprint density at radius 1 is 0.905 bits per heavy atom. The molecule has 4 heteroatoms. The van der Waals surface area contributed by atoms with Crippen LogP contribution in [-0.4, -0.2) is 6.61 Å². The molecule has 2 nitrogen and oxygen atoms in total. The van der Waals surface area contributed by atoms with Gasteiger partial charge in [0.05, 0.1) is 6.04 Å². The van der Waals surface area contributed by atoms with Gasteiger partial charge in [-0.2, -0.15) is 8.78 Å². The maximum atomic E-state index is 12.5. The van der Waals surface area contributed by atoms with E-state index in [1.165, 1.54) is 11.6 Å². The number of ether oxygens (including phenoxy) is 1. The van der Waals surface area contributed by atoms with E-state index >= 15 is 0 Å². The van der Waals surface area contributed by atoms with Gasteiger partial charge in [-0.05, 0) is 49.1 Å². The smallest absolute Gasteiger partial charge is 0.387 e. The molecule has 0 spiro atoms. The van der Waals surface area contributed by atoms with Crippen molar-refractivity contribution >= 4 is 0 Å². The van der Waals surface area contributed by atoms with Crippen LogP contribution in [0.2, 0.25) is 0 Å². The van der Waals surface area contributed by atoms with Gasteiger partial charge in [0.15, 0.2) is 0 Å². The number of nitrogens with two attached hydrogens (primary N) is 1. The molecular weight excluding hydrogens is 272 g/mol. The summed E-state index contributed by atoms with van der Waals surface area (Å²) in [5.74, 6) is 0.123. The van der Waals surface area contributed by atoms with Crippen LogP contribution >= 0.6 is 0 Å². The maximum Gasteiger partial charge on any atom is 0.387 e. The molecule has 0 radical (unpaired) electrons. The first-order valence-corrected chi connectivity index (χ1v) is 6.77. The Hall–Kier alpha value is -1.94. The number of hydrogen-bond donors (Lipinski definition) is 1. The van der Waals surface area contributed by atoms with Gasteiger partial charge in [0.25, 0.3) is 0 Å². The minimum Gasteiger partial charge on any atom is -0.434 e. The quantitative estimate of drug-likeness (QED) is 0.913. The van der Waals surface area contributed by atoms with Crippen molar-refractivity contribution in [2.45, 2.75) is 33.4 Å². The first kappa shape index (κ1) is 15.4. The third kappa shape index (κ3) is 3.39. The van der Waals surface area contributed by atoms with E-state index in [4.69, 9.17) is 5.73 Å². The summed E-state index contributed by atoms with van der Waals surface area (Å²) < 4.78 is 29.6. The average Bonchev–Trinajstić information content (AvgIpc) is 2.42. The Balaban J connectivity index is 2.45. The number of rotatable bonds is 4. The van der Waals surface area contributed by atoms with Crippen LogP contribution in [0.5, 0.6) is 5.75 Å². The zero-order chi connectivity index (χ0) is 15.6. The molecule has 112 valence electrons. The molecule has 1 unspecified atom stereocenters. The predicted molar refractivity (Wildman–Crippen MR) is 79.8 cm³/mol. The van der Waals surface area contributed by atoms with Crippen molar-refractivity contribution in [2.75, 3.05) is 0 Å². The summed E-state index contributed by atoms with van der Waals surface area (Å²) in [6.07, 6.45) is 0. The fourth-order valence-electron chi connectivity index (χ4n) is 2.43. The van der Waals surface area contributed by atoms with E-state index in [1.54, 1.807) is 18.2 Å². The van der Waals surface area contributed by atoms with E-state index in [0.717, 1.165) is 16.7 Å². The molecule has 0 saturated carbocycles. The fourth-order valence-corrected chi connectivity index (χ4v) is 2.43. The Bertz CT molecular complexity index is 641. The van der Waals surface area contributed by atoms with Crippen LogP contribution in [0.1, 0.15) is 33.9 Å². The highest BCUT2D eigenvalue weighted by Crippen LogP contribution is 2.31. The molecule has 2 rings (SSSR count). The lowest BCUT2D eigenvalue weighted by atomic mass is 9.92. The Kier molecular flexibility index (Phi) is 4.58. The lowest BCUT2D eigenvalue weighted by Crippen LogP contribution is -2.16. The number of alkyl halides is 2. The van der Waals surface area contributed by atoms with Gasteiger partial charge in [-0.3, -0.25) is 0 Å². The maximum absolute atomic E-state index is 12.5. The molecule has 0 bridgehead atoms. The van der Waals surface area contributed by atoms with Crippen molar-refractivity contribution in [2.24, 2.45) is 5.73 Å². The minimum absolute atomic E-state index is 0.123. The molecule has 0 aliphatic rings. The summed E-state index contributed by atoms with van der Waals surface area (Å²) in [5, 5.41) is 0. The van der Waals surface area contributed by atoms with Crippen LogP contribution in [0, 0.1) is 20.8 Å². The number of hydrogen-bond acceptors (Lipinski definition) is 2. The highest BCUT2D eigenvalue weighted by atomic mass is 19.3. The molecule has 0 fully saturated rings. The lowest BCUT2D eigenvalue weighted by molar-refractivity contribution is -0.0505. The molecule has 0 amide bonds. The van der Waals surface area contributed by atoms with Gasteiger partial charge in [-0.1, -0.05) is 30.3 Å². The summed E-state index contributed by atoms with van der Waals surface area (Å²) in [7, 11) is 0. The molecule has 2 aromatic rings. The predicted octanol–water partition coefficient (Wildman–Crippen LogP) is 4.26. The van der Waals surface area contributed by atoms with Gasteiger partial charge in [-0.25, -0.2) is 0 Å². The van der Waals surface area contributed by atoms with Crippen LogP contribution < -0.4 is 10.5 Å². The van der Waals surface area contributed by atoms with E-state index in [-0.39, 0.29) is 5.75 Å². The summed E-state index contributed by atoms with van der Waals surface area (Å²) in [5.41, 5.74) is 11.1. The van der Waals surface area contributed by atoms with Crippen LogP contribution in [0.15, 0.2) is 36.4 Å². The number of aryl methyl sites for hydroxylation is 3. The molecule has 1 atom stereocenters. The zero-order valence-electron chi connectivity index (χ0n) is 12.4. The van der Waals surface area contributed by atoms with Crippen molar-refractivity contribution in [1.29, 1.82) is 0 Å². The van der Waals surface area contributed by atoms with Crippen LogP contribution in [0.25, 0.3) is 0 Å². The summed E-state index contributed by atoms with van der Waals surface area (Å²) in [6.45, 7) is 3.15. The van der Waals surface area contributed by atoms with E-state index in [9.17, 15) is 8.78 Å². The van der Waals surface area contributed by atoms with Crippen molar-refractivity contribution < 1.29 is 13.5 Å². The van der Waals surface area contributed by atoms with Crippen LogP contribution in [0.3, 0.4) is 0 Å². The Morgan fingerprint density at radius 3 is 2.19 bits per heavy atom. The van der Waals surface area contributed by atoms with E-state index < -0.39 is 12.7 Å². The van der Waals surface area contributed by atoms with Crippen LogP contribution in [0.4, 0.5) is 8.78 Å².